The van der Waals surface area contributed by atoms with E-state index in [0.717, 1.165) is 0 Å². The van der Waals surface area contributed by atoms with Crippen LogP contribution < -0.4 is 5.73 Å². The standard InChI is InChI=1S/C6H11NO3/c1-3(8)6-4(7)2-5(9)10-6/h3-4,6,8H,2,7H2,1H3. The number of carbonyl (C=O) groups is 1. The minimum absolute atomic E-state index is 0.218. The van der Waals surface area contributed by atoms with Crippen molar-refractivity contribution in [3.05, 3.63) is 0 Å². The molecule has 58 valence electrons. The van der Waals surface area contributed by atoms with Crippen molar-refractivity contribution in [1.82, 2.24) is 0 Å². The topological polar surface area (TPSA) is 72.5 Å². The third-order valence-electron chi connectivity index (χ3n) is 1.57. The van der Waals surface area contributed by atoms with Crippen molar-refractivity contribution in [3.63, 3.8) is 0 Å². The second kappa shape index (κ2) is 2.56. The Morgan fingerprint density at radius 1 is 1.90 bits per heavy atom. The first-order valence-electron chi connectivity index (χ1n) is 3.24. The molecule has 3 unspecified atom stereocenters. The van der Waals surface area contributed by atoms with Gasteiger partial charge in [-0.25, -0.2) is 0 Å². The summed E-state index contributed by atoms with van der Waals surface area (Å²) < 4.78 is 4.72. The van der Waals surface area contributed by atoms with Crippen molar-refractivity contribution in [3.8, 4) is 0 Å². The Morgan fingerprint density at radius 2 is 2.50 bits per heavy atom. The van der Waals surface area contributed by atoms with E-state index >= 15 is 0 Å². The molecule has 1 rings (SSSR count). The van der Waals surface area contributed by atoms with Crippen molar-refractivity contribution in [2.45, 2.75) is 31.6 Å². The summed E-state index contributed by atoms with van der Waals surface area (Å²) >= 11 is 0. The van der Waals surface area contributed by atoms with Gasteiger partial charge in [-0.2, -0.15) is 0 Å². The van der Waals surface area contributed by atoms with Crippen LogP contribution in [0, 0.1) is 0 Å². The van der Waals surface area contributed by atoms with Gasteiger partial charge < -0.3 is 15.6 Å². The Kier molecular flexibility index (Phi) is 1.92. The highest BCUT2D eigenvalue weighted by atomic mass is 16.6. The van der Waals surface area contributed by atoms with Gasteiger partial charge in [-0.3, -0.25) is 4.79 Å². The summed E-state index contributed by atoms with van der Waals surface area (Å²) in [6, 6.07) is -0.340. The highest BCUT2D eigenvalue weighted by Gasteiger charge is 2.34. The van der Waals surface area contributed by atoms with Gasteiger partial charge in [-0.05, 0) is 6.92 Å². The van der Waals surface area contributed by atoms with Crippen LogP contribution in [0.1, 0.15) is 13.3 Å². The van der Waals surface area contributed by atoms with Gasteiger partial charge in [-0.1, -0.05) is 0 Å². The summed E-state index contributed by atoms with van der Waals surface area (Å²) in [4.78, 5) is 10.6. The van der Waals surface area contributed by atoms with Gasteiger partial charge in [0.2, 0.25) is 0 Å². The minimum atomic E-state index is -0.665. The fourth-order valence-corrected chi connectivity index (χ4v) is 1.05. The summed E-state index contributed by atoms with van der Waals surface area (Å²) in [6.45, 7) is 1.56. The number of cyclic esters (lactones) is 1. The highest BCUT2D eigenvalue weighted by molar-refractivity contribution is 5.72. The average Bonchev–Trinajstić information content (AvgIpc) is 2.10. The van der Waals surface area contributed by atoms with Gasteiger partial charge in [0.25, 0.3) is 0 Å². The third kappa shape index (κ3) is 1.27. The molecule has 4 heteroatoms. The zero-order valence-electron chi connectivity index (χ0n) is 5.78. The van der Waals surface area contributed by atoms with Crippen LogP contribution in [0.2, 0.25) is 0 Å². The zero-order chi connectivity index (χ0) is 7.72. The summed E-state index contributed by atoms with van der Waals surface area (Å²) in [5.41, 5.74) is 5.46. The Labute approximate surface area is 59.0 Å². The van der Waals surface area contributed by atoms with Crippen LogP contribution in [0.5, 0.6) is 0 Å². The highest BCUT2D eigenvalue weighted by Crippen LogP contribution is 2.15. The molecule has 10 heavy (non-hydrogen) atoms. The minimum Gasteiger partial charge on any atom is -0.458 e. The summed E-state index contributed by atoms with van der Waals surface area (Å²) in [5.74, 6) is -0.321. The number of nitrogens with two attached hydrogens (primary N) is 1. The molecular weight excluding hydrogens is 134 g/mol. The van der Waals surface area contributed by atoms with E-state index in [1.54, 1.807) is 6.92 Å². The number of esters is 1. The Morgan fingerprint density at radius 3 is 2.70 bits per heavy atom. The summed E-state index contributed by atoms with van der Waals surface area (Å²) in [7, 11) is 0. The van der Waals surface area contributed by atoms with Gasteiger partial charge in [-0.15, -0.1) is 0 Å². The van der Waals surface area contributed by atoms with Crippen molar-refractivity contribution in [2.24, 2.45) is 5.73 Å². The molecule has 0 aromatic rings. The quantitative estimate of drug-likeness (QED) is 0.465. The molecule has 0 saturated carbocycles. The van der Waals surface area contributed by atoms with E-state index in [2.05, 4.69) is 0 Å². The SMILES string of the molecule is CC(O)C1OC(=O)CC1N. The third-order valence-corrected chi connectivity index (χ3v) is 1.57. The molecule has 0 aliphatic carbocycles. The van der Waals surface area contributed by atoms with Crippen molar-refractivity contribution >= 4 is 5.97 Å². The van der Waals surface area contributed by atoms with Crippen LogP contribution in [0.3, 0.4) is 0 Å². The van der Waals surface area contributed by atoms with E-state index in [4.69, 9.17) is 15.6 Å². The fraction of sp³-hybridized carbons (Fsp3) is 0.833. The second-order valence-corrected chi connectivity index (χ2v) is 2.56. The number of aliphatic hydroxyl groups excluding tert-OH is 1. The summed E-state index contributed by atoms with van der Waals surface area (Å²) in [5, 5.41) is 8.98. The van der Waals surface area contributed by atoms with Crippen LogP contribution in [0.25, 0.3) is 0 Å². The van der Waals surface area contributed by atoms with E-state index in [0.29, 0.717) is 0 Å². The lowest BCUT2D eigenvalue weighted by Crippen LogP contribution is -2.38. The van der Waals surface area contributed by atoms with Crippen molar-refractivity contribution < 1.29 is 14.6 Å². The largest absolute Gasteiger partial charge is 0.458 e. The molecule has 3 atom stereocenters. The van der Waals surface area contributed by atoms with Gasteiger partial charge in [0, 0.05) is 0 Å². The van der Waals surface area contributed by atoms with Gasteiger partial charge >= 0.3 is 5.97 Å². The monoisotopic (exact) mass is 145 g/mol. The molecule has 1 aliphatic heterocycles. The first-order chi connectivity index (χ1) is 4.61. The first kappa shape index (κ1) is 7.50. The van der Waals surface area contributed by atoms with Gasteiger partial charge in [0.1, 0.15) is 6.10 Å². The van der Waals surface area contributed by atoms with E-state index in [1.165, 1.54) is 0 Å². The predicted octanol–water partition coefficient (Wildman–Crippen LogP) is -0.990. The number of rotatable bonds is 1. The molecular formula is C6H11NO3. The maximum atomic E-state index is 10.6. The number of aliphatic hydroxyl groups is 1. The molecule has 1 heterocycles. The summed E-state index contributed by atoms with van der Waals surface area (Å²) in [6.07, 6.45) is -0.954. The molecule has 1 aliphatic rings. The van der Waals surface area contributed by atoms with E-state index in [-0.39, 0.29) is 18.4 Å². The zero-order valence-corrected chi connectivity index (χ0v) is 5.78. The van der Waals surface area contributed by atoms with Gasteiger partial charge in [0.05, 0.1) is 18.6 Å². The molecule has 1 fully saturated rings. The maximum absolute atomic E-state index is 10.6. The van der Waals surface area contributed by atoms with Crippen LogP contribution in [0.4, 0.5) is 0 Å². The number of ether oxygens (including phenoxy) is 1. The normalized spacial score (nSPS) is 35.7. The van der Waals surface area contributed by atoms with E-state index in [1.807, 2.05) is 0 Å². The van der Waals surface area contributed by atoms with Crippen LogP contribution in [-0.2, 0) is 9.53 Å². The molecule has 3 N–H and O–H groups in total. The molecule has 1 saturated heterocycles. The van der Waals surface area contributed by atoms with Crippen LogP contribution in [0.15, 0.2) is 0 Å². The van der Waals surface area contributed by atoms with Crippen molar-refractivity contribution in [1.29, 1.82) is 0 Å². The van der Waals surface area contributed by atoms with Crippen LogP contribution >= 0.6 is 0 Å². The number of carbonyl (C=O) groups excluding carboxylic acids is 1. The smallest absolute Gasteiger partial charge is 0.307 e. The predicted molar refractivity (Wildman–Crippen MR) is 34.2 cm³/mol. The van der Waals surface area contributed by atoms with E-state index in [9.17, 15) is 4.79 Å². The second-order valence-electron chi connectivity index (χ2n) is 2.56. The molecule has 0 spiro atoms. The van der Waals surface area contributed by atoms with Crippen molar-refractivity contribution in [2.75, 3.05) is 0 Å². The molecule has 0 amide bonds. The Balaban J connectivity index is 2.54. The lowest BCUT2D eigenvalue weighted by Gasteiger charge is -2.15. The average molecular weight is 145 g/mol. The lowest BCUT2D eigenvalue weighted by atomic mass is 10.1. The number of hydrogen-bond acceptors (Lipinski definition) is 4. The molecule has 0 aromatic carbocycles. The van der Waals surface area contributed by atoms with E-state index < -0.39 is 12.2 Å². The Bertz CT molecular complexity index is 146. The lowest BCUT2D eigenvalue weighted by molar-refractivity contribution is -0.145. The fourth-order valence-electron chi connectivity index (χ4n) is 1.05. The number of hydrogen-bond donors (Lipinski definition) is 2. The molecule has 0 bridgehead atoms. The molecule has 0 radical (unpaired) electrons. The Hall–Kier alpha value is -0.610. The molecule has 4 nitrogen and oxygen atoms in total. The van der Waals surface area contributed by atoms with Crippen LogP contribution in [-0.4, -0.2) is 29.3 Å². The molecule has 0 aromatic heterocycles. The first-order valence-corrected chi connectivity index (χ1v) is 3.24. The van der Waals surface area contributed by atoms with Gasteiger partial charge in [0.15, 0.2) is 0 Å². The maximum Gasteiger partial charge on any atom is 0.307 e.